The van der Waals surface area contributed by atoms with Gasteiger partial charge < -0.3 is 10.3 Å². The summed E-state index contributed by atoms with van der Waals surface area (Å²) in [6.45, 7) is 2.53. The lowest BCUT2D eigenvalue weighted by Crippen LogP contribution is -2.21. The van der Waals surface area contributed by atoms with E-state index in [0.717, 1.165) is 23.0 Å². The molecule has 1 aromatic carbocycles. The van der Waals surface area contributed by atoms with E-state index in [1.165, 1.54) is 6.07 Å². The Labute approximate surface area is 120 Å². The monoisotopic (exact) mass is 325 g/mol. The summed E-state index contributed by atoms with van der Waals surface area (Å²) >= 11 is 3.25. The van der Waals surface area contributed by atoms with Crippen molar-refractivity contribution in [2.75, 3.05) is 0 Å². The quantitative estimate of drug-likeness (QED) is 0.917. The van der Waals surface area contributed by atoms with Crippen molar-refractivity contribution in [2.24, 2.45) is 5.73 Å². The SMILES string of the molecule is CCC(N)Cc1cn(Cc2ccc(Br)cc2F)cn1. The van der Waals surface area contributed by atoms with Gasteiger partial charge in [0.1, 0.15) is 5.82 Å². The molecule has 0 aliphatic heterocycles. The van der Waals surface area contributed by atoms with Crippen LogP contribution < -0.4 is 5.73 Å². The third-order valence-electron chi connectivity index (χ3n) is 3.05. The summed E-state index contributed by atoms with van der Waals surface area (Å²) in [5.41, 5.74) is 7.49. The minimum Gasteiger partial charge on any atom is -0.333 e. The van der Waals surface area contributed by atoms with Crippen LogP contribution in [0.25, 0.3) is 0 Å². The second-order valence-electron chi connectivity index (χ2n) is 4.65. The van der Waals surface area contributed by atoms with Crippen molar-refractivity contribution in [3.8, 4) is 0 Å². The van der Waals surface area contributed by atoms with Gasteiger partial charge in [-0.15, -0.1) is 0 Å². The minimum absolute atomic E-state index is 0.132. The van der Waals surface area contributed by atoms with E-state index in [9.17, 15) is 4.39 Å². The molecule has 2 N–H and O–H groups in total. The van der Waals surface area contributed by atoms with Crippen molar-refractivity contribution in [2.45, 2.75) is 32.4 Å². The van der Waals surface area contributed by atoms with E-state index in [1.54, 1.807) is 12.4 Å². The molecule has 0 radical (unpaired) electrons. The van der Waals surface area contributed by atoms with Gasteiger partial charge >= 0.3 is 0 Å². The van der Waals surface area contributed by atoms with Gasteiger partial charge in [0, 0.05) is 28.7 Å². The summed E-state index contributed by atoms with van der Waals surface area (Å²) in [5.74, 6) is -0.213. The second-order valence-corrected chi connectivity index (χ2v) is 5.56. The van der Waals surface area contributed by atoms with Gasteiger partial charge in [-0.25, -0.2) is 9.37 Å². The minimum atomic E-state index is -0.213. The van der Waals surface area contributed by atoms with Crippen LogP contribution in [0.3, 0.4) is 0 Å². The first-order chi connectivity index (χ1) is 9.08. The molecule has 0 spiro atoms. The third-order valence-corrected chi connectivity index (χ3v) is 3.54. The molecule has 0 bridgehead atoms. The highest BCUT2D eigenvalue weighted by atomic mass is 79.9. The Bertz CT molecular complexity index is 553. The Balaban J connectivity index is 2.07. The lowest BCUT2D eigenvalue weighted by atomic mass is 10.1. The zero-order chi connectivity index (χ0) is 13.8. The summed E-state index contributed by atoms with van der Waals surface area (Å²) in [4.78, 5) is 4.30. The van der Waals surface area contributed by atoms with E-state index >= 15 is 0 Å². The summed E-state index contributed by atoms with van der Waals surface area (Å²) in [5, 5.41) is 0. The third kappa shape index (κ3) is 3.88. The van der Waals surface area contributed by atoms with Crippen LogP contribution in [0.5, 0.6) is 0 Å². The fourth-order valence-corrected chi connectivity index (χ4v) is 2.19. The molecular formula is C14H17BrFN3. The van der Waals surface area contributed by atoms with E-state index in [1.807, 2.05) is 16.8 Å². The standard InChI is InChI=1S/C14H17BrFN3/c1-2-12(17)6-13-8-19(9-18-13)7-10-3-4-11(15)5-14(10)16/h3-5,8-9,12H,2,6-7,17H2,1H3. The highest BCUT2D eigenvalue weighted by molar-refractivity contribution is 9.10. The smallest absolute Gasteiger partial charge is 0.129 e. The molecule has 2 rings (SSSR count). The number of rotatable bonds is 5. The van der Waals surface area contributed by atoms with Crippen LogP contribution >= 0.6 is 15.9 Å². The van der Waals surface area contributed by atoms with E-state index in [-0.39, 0.29) is 11.9 Å². The van der Waals surface area contributed by atoms with Crippen LogP contribution in [0, 0.1) is 5.82 Å². The van der Waals surface area contributed by atoms with Crippen LogP contribution in [0.1, 0.15) is 24.6 Å². The number of nitrogens with zero attached hydrogens (tertiary/aromatic N) is 2. The zero-order valence-electron chi connectivity index (χ0n) is 10.8. The van der Waals surface area contributed by atoms with Crippen molar-refractivity contribution in [1.82, 2.24) is 9.55 Å². The number of nitrogens with two attached hydrogens (primary N) is 1. The Hall–Kier alpha value is -1.20. The molecule has 1 atom stereocenters. The summed E-state index contributed by atoms with van der Waals surface area (Å²) < 4.78 is 16.3. The van der Waals surface area contributed by atoms with Crippen LogP contribution in [0.2, 0.25) is 0 Å². The Morgan fingerprint density at radius 2 is 2.26 bits per heavy atom. The van der Waals surface area contributed by atoms with Gasteiger partial charge in [-0.1, -0.05) is 28.9 Å². The average molecular weight is 326 g/mol. The van der Waals surface area contributed by atoms with Crippen molar-refractivity contribution >= 4 is 15.9 Å². The van der Waals surface area contributed by atoms with E-state index < -0.39 is 0 Å². The summed E-state index contributed by atoms with van der Waals surface area (Å²) in [7, 11) is 0. The number of imidazole rings is 1. The van der Waals surface area contributed by atoms with Gasteiger partial charge in [-0.05, 0) is 18.6 Å². The van der Waals surface area contributed by atoms with Crippen molar-refractivity contribution in [1.29, 1.82) is 0 Å². The maximum atomic E-state index is 13.7. The summed E-state index contributed by atoms with van der Waals surface area (Å²) in [6, 6.07) is 5.22. The first kappa shape index (κ1) is 14.2. The Morgan fingerprint density at radius 3 is 2.95 bits per heavy atom. The molecular weight excluding hydrogens is 309 g/mol. The zero-order valence-corrected chi connectivity index (χ0v) is 12.4. The van der Waals surface area contributed by atoms with Crippen LogP contribution in [0.4, 0.5) is 4.39 Å². The van der Waals surface area contributed by atoms with E-state index in [2.05, 4.69) is 27.8 Å². The molecule has 1 aromatic heterocycles. The van der Waals surface area contributed by atoms with Gasteiger partial charge in [-0.2, -0.15) is 0 Å². The maximum absolute atomic E-state index is 13.7. The molecule has 0 aliphatic carbocycles. The van der Waals surface area contributed by atoms with Crippen LogP contribution in [-0.2, 0) is 13.0 Å². The fourth-order valence-electron chi connectivity index (χ4n) is 1.86. The average Bonchev–Trinajstić information content (AvgIpc) is 2.80. The lowest BCUT2D eigenvalue weighted by molar-refractivity contribution is 0.598. The second kappa shape index (κ2) is 6.30. The molecule has 0 fully saturated rings. The normalized spacial score (nSPS) is 12.6. The summed E-state index contributed by atoms with van der Waals surface area (Å²) in [6.07, 6.45) is 5.33. The topological polar surface area (TPSA) is 43.8 Å². The number of benzene rings is 1. The Kier molecular flexibility index (Phi) is 4.71. The fraction of sp³-hybridized carbons (Fsp3) is 0.357. The van der Waals surface area contributed by atoms with Gasteiger partial charge in [0.25, 0.3) is 0 Å². The lowest BCUT2D eigenvalue weighted by Gasteiger charge is -2.06. The maximum Gasteiger partial charge on any atom is 0.129 e. The molecule has 1 heterocycles. The first-order valence-corrected chi connectivity index (χ1v) is 7.08. The highest BCUT2D eigenvalue weighted by Gasteiger charge is 2.07. The number of aromatic nitrogens is 2. The van der Waals surface area contributed by atoms with Crippen molar-refractivity contribution < 1.29 is 4.39 Å². The van der Waals surface area contributed by atoms with Gasteiger partial charge in [0.05, 0.1) is 18.6 Å². The van der Waals surface area contributed by atoms with E-state index in [4.69, 9.17) is 5.73 Å². The largest absolute Gasteiger partial charge is 0.333 e. The molecule has 19 heavy (non-hydrogen) atoms. The molecule has 0 saturated heterocycles. The first-order valence-electron chi connectivity index (χ1n) is 6.28. The number of hydrogen-bond acceptors (Lipinski definition) is 2. The molecule has 3 nitrogen and oxygen atoms in total. The highest BCUT2D eigenvalue weighted by Crippen LogP contribution is 2.16. The van der Waals surface area contributed by atoms with Gasteiger partial charge in [0.2, 0.25) is 0 Å². The van der Waals surface area contributed by atoms with Crippen molar-refractivity contribution in [3.05, 3.63) is 52.3 Å². The van der Waals surface area contributed by atoms with Crippen molar-refractivity contribution in [3.63, 3.8) is 0 Å². The van der Waals surface area contributed by atoms with Crippen LogP contribution in [0.15, 0.2) is 35.2 Å². The van der Waals surface area contributed by atoms with Gasteiger partial charge in [-0.3, -0.25) is 0 Å². The molecule has 0 aliphatic rings. The number of hydrogen-bond donors (Lipinski definition) is 1. The molecule has 2 aromatic rings. The predicted molar refractivity (Wildman–Crippen MR) is 77.4 cm³/mol. The molecule has 0 saturated carbocycles. The molecule has 1 unspecified atom stereocenters. The molecule has 5 heteroatoms. The number of halogens is 2. The van der Waals surface area contributed by atoms with Crippen LogP contribution in [-0.4, -0.2) is 15.6 Å². The van der Waals surface area contributed by atoms with E-state index in [0.29, 0.717) is 12.1 Å². The predicted octanol–water partition coefficient (Wildman–Crippen LogP) is 3.11. The molecule has 102 valence electrons. The Morgan fingerprint density at radius 1 is 1.47 bits per heavy atom. The van der Waals surface area contributed by atoms with Gasteiger partial charge in [0.15, 0.2) is 0 Å². The molecule has 0 amide bonds.